The molecule has 16 heavy (non-hydrogen) atoms. The number of benzene rings is 1. The van der Waals surface area contributed by atoms with E-state index in [9.17, 15) is 0 Å². The van der Waals surface area contributed by atoms with Crippen molar-refractivity contribution < 1.29 is 4.74 Å². The van der Waals surface area contributed by atoms with Crippen LogP contribution in [0.4, 0.5) is 0 Å². The van der Waals surface area contributed by atoms with Crippen LogP contribution in [0.3, 0.4) is 0 Å². The summed E-state index contributed by atoms with van der Waals surface area (Å²) in [4.78, 5) is 0. The SMILES string of the molecule is CC(N)c1ccc(OC2CCSC2)c(Cl)c1. The van der Waals surface area contributed by atoms with Gasteiger partial charge >= 0.3 is 0 Å². The molecule has 1 saturated heterocycles. The third-order valence-corrected chi connectivity index (χ3v) is 4.09. The third kappa shape index (κ3) is 2.84. The predicted molar refractivity (Wildman–Crippen MR) is 70.4 cm³/mol. The van der Waals surface area contributed by atoms with Crippen LogP contribution in [0.15, 0.2) is 18.2 Å². The number of nitrogens with two attached hydrogens (primary N) is 1. The van der Waals surface area contributed by atoms with Gasteiger partial charge in [-0.15, -0.1) is 0 Å². The molecule has 1 aliphatic rings. The molecule has 1 aromatic rings. The maximum Gasteiger partial charge on any atom is 0.138 e. The van der Waals surface area contributed by atoms with E-state index in [1.807, 2.05) is 36.9 Å². The Balaban J connectivity index is 2.09. The number of ether oxygens (including phenoxy) is 1. The van der Waals surface area contributed by atoms with Gasteiger partial charge in [0.15, 0.2) is 0 Å². The molecule has 2 N–H and O–H groups in total. The number of rotatable bonds is 3. The van der Waals surface area contributed by atoms with Crippen molar-refractivity contribution >= 4 is 23.4 Å². The summed E-state index contributed by atoms with van der Waals surface area (Å²) in [5.74, 6) is 3.02. The molecule has 1 fully saturated rings. The van der Waals surface area contributed by atoms with E-state index in [4.69, 9.17) is 22.1 Å². The average molecular weight is 258 g/mol. The third-order valence-electron chi connectivity index (χ3n) is 2.66. The summed E-state index contributed by atoms with van der Waals surface area (Å²) in [7, 11) is 0. The fourth-order valence-corrected chi connectivity index (χ4v) is 3.01. The van der Waals surface area contributed by atoms with Crippen molar-refractivity contribution in [2.75, 3.05) is 11.5 Å². The van der Waals surface area contributed by atoms with Gasteiger partial charge in [0.25, 0.3) is 0 Å². The Kier molecular flexibility index (Phi) is 4.00. The molecule has 2 unspecified atom stereocenters. The molecule has 0 saturated carbocycles. The van der Waals surface area contributed by atoms with Crippen molar-refractivity contribution in [3.63, 3.8) is 0 Å². The second kappa shape index (κ2) is 5.30. The Morgan fingerprint density at radius 3 is 2.94 bits per heavy atom. The van der Waals surface area contributed by atoms with Gasteiger partial charge in [0.05, 0.1) is 5.02 Å². The molecule has 2 rings (SSSR count). The highest BCUT2D eigenvalue weighted by Crippen LogP contribution is 2.30. The van der Waals surface area contributed by atoms with Crippen molar-refractivity contribution in [3.05, 3.63) is 28.8 Å². The standard InChI is InChI=1S/C12H16ClNOS/c1-8(14)9-2-3-12(11(13)6-9)15-10-4-5-16-7-10/h2-3,6,8,10H,4-5,7,14H2,1H3. The summed E-state index contributed by atoms with van der Waals surface area (Å²) < 4.78 is 5.85. The first kappa shape index (κ1) is 12.1. The van der Waals surface area contributed by atoms with Crippen LogP contribution in [0.2, 0.25) is 5.02 Å². The van der Waals surface area contributed by atoms with Crippen LogP contribution in [0, 0.1) is 0 Å². The number of hydrogen-bond acceptors (Lipinski definition) is 3. The van der Waals surface area contributed by atoms with E-state index in [0.717, 1.165) is 23.5 Å². The van der Waals surface area contributed by atoms with Crippen LogP contribution in [0.25, 0.3) is 0 Å². The molecule has 0 amide bonds. The van der Waals surface area contributed by atoms with Crippen LogP contribution in [0.1, 0.15) is 24.9 Å². The first-order chi connectivity index (χ1) is 7.66. The zero-order valence-electron chi connectivity index (χ0n) is 9.28. The molecule has 0 aromatic heterocycles. The Morgan fingerprint density at radius 1 is 1.56 bits per heavy atom. The van der Waals surface area contributed by atoms with Gasteiger partial charge in [-0.2, -0.15) is 11.8 Å². The highest BCUT2D eigenvalue weighted by molar-refractivity contribution is 7.99. The lowest BCUT2D eigenvalue weighted by molar-refractivity contribution is 0.229. The molecule has 2 atom stereocenters. The summed E-state index contributed by atoms with van der Waals surface area (Å²) in [5.41, 5.74) is 6.83. The summed E-state index contributed by atoms with van der Waals surface area (Å²) >= 11 is 8.09. The van der Waals surface area contributed by atoms with E-state index < -0.39 is 0 Å². The topological polar surface area (TPSA) is 35.2 Å². The number of hydrogen-bond donors (Lipinski definition) is 1. The normalized spacial score (nSPS) is 22.1. The van der Waals surface area contributed by atoms with Gasteiger partial charge in [0.2, 0.25) is 0 Å². The van der Waals surface area contributed by atoms with Crippen LogP contribution < -0.4 is 10.5 Å². The first-order valence-electron chi connectivity index (χ1n) is 5.46. The molecule has 2 nitrogen and oxygen atoms in total. The van der Waals surface area contributed by atoms with Gasteiger partial charge in [-0.05, 0) is 36.8 Å². The Labute approximate surface area is 105 Å². The smallest absolute Gasteiger partial charge is 0.138 e. The van der Waals surface area contributed by atoms with Gasteiger partial charge in [0, 0.05) is 11.8 Å². The molecule has 1 heterocycles. The minimum Gasteiger partial charge on any atom is -0.488 e. The summed E-state index contributed by atoms with van der Waals surface area (Å²) in [5, 5.41) is 0.659. The maximum absolute atomic E-state index is 6.16. The molecule has 1 aromatic carbocycles. The van der Waals surface area contributed by atoms with E-state index in [1.54, 1.807) is 0 Å². The van der Waals surface area contributed by atoms with E-state index >= 15 is 0 Å². The van der Waals surface area contributed by atoms with Crippen molar-refractivity contribution in [2.24, 2.45) is 5.73 Å². The molecular weight excluding hydrogens is 242 g/mol. The van der Waals surface area contributed by atoms with E-state index in [2.05, 4.69) is 0 Å². The Hall–Kier alpha value is -0.380. The zero-order chi connectivity index (χ0) is 11.5. The lowest BCUT2D eigenvalue weighted by Crippen LogP contribution is -2.15. The maximum atomic E-state index is 6.16. The number of thioether (sulfide) groups is 1. The quantitative estimate of drug-likeness (QED) is 0.903. The fourth-order valence-electron chi connectivity index (χ4n) is 1.68. The van der Waals surface area contributed by atoms with Crippen molar-refractivity contribution in [2.45, 2.75) is 25.5 Å². The summed E-state index contributed by atoms with van der Waals surface area (Å²) in [6.45, 7) is 1.94. The van der Waals surface area contributed by atoms with Crippen molar-refractivity contribution in [1.29, 1.82) is 0 Å². The van der Waals surface area contributed by atoms with Gasteiger partial charge in [-0.25, -0.2) is 0 Å². The summed E-state index contributed by atoms with van der Waals surface area (Å²) in [6, 6.07) is 5.80. The molecular formula is C12H16ClNOS. The van der Waals surface area contributed by atoms with Gasteiger partial charge in [-0.3, -0.25) is 0 Å². The van der Waals surface area contributed by atoms with Crippen LogP contribution in [-0.4, -0.2) is 17.6 Å². The van der Waals surface area contributed by atoms with E-state index in [0.29, 0.717) is 11.1 Å². The van der Waals surface area contributed by atoms with Gasteiger partial charge < -0.3 is 10.5 Å². The molecule has 0 aliphatic carbocycles. The molecule has 0 spiro atoms. The molecule has 4 heteroatoms. The predicted octanol–water partition coefficient (Wildman–Crippen LogP) is 3.24. The largest absolute Gasteiger partial charge is 0.488 e. The van der Waals surface area contributed by atoms with Crippen LogP contribution in [0.5, 0.6) is 5.75 Å². The molecule has 0 bridgehead atoms. The second-order valence-electron chi connectivity index (χ2n) is 4.08. The molecule has 1 aliphatic heterocycles. The second-order valence-corrected chi connectivity index (χ2v) is 5.64. The Morgan fingerprint density at radius 2 is 2.38 bits per heavy atom. The van der Waals surface area contributed by atoms with Crippen molar-refractivity contribution in [3.8, 4) is 5.75 Å². The summed E-state index contributed by atoms with van der Waals surface area (Å²) in [6.07, 6.45) is 1.42. The lowest BCUT2D eigenvalue weighted by atomic mass is 10.1. The van der Waals surface area contributed by atoms with E-state index in [-0.39, 0.29) is 6.04 Å². The minimum atomic E-state index is 0.00795. The van der Waals surface area contributed by atoms with Crippen molar-refractivity contribution in [1.82, 2.24) is 0 Å². The van der Waals surface area contributed by atoms with Crippen LogP contribution in [-0.2, 0) is 0 Å². The monoisotopic (exact) mass is 257 g/mol. The van der Waals surface area contributed by atoms with Gasteiger partial charge in [0.1, 0.15) is 11.9 Å². The highest BCUT2D eigenvalue weighted by atomic mass is 35.5. The fraction of sp³-hybridized carbons (Fsp3) is 0.500. The molecule has 88 valence electrons. The lowest BCUT2D eigenvalue weighted by Gasteiger charge is -2.15. The van der Waals surface area contributed by atoms with Crippen LogP contribution >= 0.6 is 23.4 Å². The van der Waals surface area contributed by atoms with E-state index in [1.165, 1.54) is 5.75 Å². The average Bonchev–Trinajstić information content (AvgIpc) is 2.73. The minimum absolute atomic E-state index is 0.00795. The highest BCUT2D eigenvalue weighted by Gasteiger charge is 2.18. The zero-order valence-corrected chi connectivity index (χ0v) is 10.9. The van der Waals surface area contributed by atoms with Gasteiger partial charge in [-0.1, -0.05) is 17.7 Å². The Bertz CT molecular complexity index is 364. The molecule has 0 radical (unpaired) electrons. The first-order valence-corrected chi connectivity index (χ1v) is 6.99. The number of halogens is 1.